The second-order valence-electron chi connectivity index (χ2n) is 6.86. The van der Waals surface area contributed by atoms with Gasteiger partial charge in [0.05, 0.1) is 19.8 Å². The van der Waals surface area contributed by atoms with E-state index in [2.05, 4.69) is 31.4 Å². The molecule has 0 aliphatic heterocycles. The first kappa shape index (κ1) is 20.6. The van der Waals surface area contributed by atoms with E-state index in [-0.39, 0.29) is 12.5 Å². The zero-order valence-electron chi connectivity index (χ0n) is 16.5. The second-order valence-corrected chi connectivity index (χ2v) is 6.86. The number of amides is 1. The van der Waals surface area contributed by atoms with Crippen molar-refractivity contribution >= 4 is 17.3 Å². The van der Waals surface area contributed by atoms with Crippen LogP contribution < -0.4 is 20.1 Å². The highest BCUT2D eigenvalue weighted by Crippen LogP contribution is 2.17. The van der Waals surface area contributed by atoms with E-state index in [1.807, 2.05) is 48.5 Å². The molecule has 2 aromatic rings. The van der Waals surface area contributed by atoms with Gasteiger partial charge in [-0.15, -0.1) is 0 Å². The fraction of sp³-hybridized carbons (Fsp3) is 0.409. The number of hydrogen-bond acceptors (Lipinski definition) is 4. The van der Waals surface area contributed by atoms with Crippen LogP contribution in [0.2, 0.25) is 0 Å². The molecule has 0 aliphatic carbocycles. The lowest BCUT2D eigenvalue weighted by Gasteiger charge is -2.11. The lowest BCUT2D eigenvalue weighted by atomic mass is 10.2. The molecule has 0 fully saturated rings. The van der Waals surface area contributed by atoms with Gasteiger partial charge in [-0.3, -0.25) is 4.79 Å². The third-order valence-corrected chi connectivity index (χ3v) is 3.80. The van der Waals surface area contributed by atoms with Gasteiger partial charge in [-0.1, -0.05) is 27.2 Å². The van der Waals surface area contributed by atoms with Gasteiger partial charge in [-0.05, 0) is 60.9 Å². The molecule has 0 aromatic heterocycles. The summed E-state index contributed by atoms with van der Waals surface area (Å²) in [7, 11) is 0. The lowest BCUT2D eigenvalue weighted by molar-refractivity contribution is -0.114. The molecule has 2 N–H and O–H groups in total. The van der Waals surface area contributed by atoms with Crippen LogP contribution in [-0.4, -0.2) is 25.7 Å². The van der Waals surface area contributed by atoms with Crippen molar-refractivity contribution in [3.05, 3.63) is 48.5 Å². The van der Waals surface area contributed by atoms with Crippen LogP contribution in [0, 0.1) is 5.92 Å². The monoisotopic (exact) mass is 370 g/mol. The summed E-state index contributed by atoms with van der Waals surface area (Å²) in [4.78, 5) is 12.1. The van der Waals surface area contributed by atoms with Gasteiger partial charge < -0.3 is 20.1 Å². The molecule has 1 amide bonds. The molecule has 5 heteroatoms. The highest BCUT2D eigenvalue weighted by molar-refractivity contribution is 5.93. The average molecular weight is 370 g/mol. The van der Waals surface area contributed by atoms with E-state index in [1.54, 1.807) is 0 Å². The minimum Gasteiger partial charge on any atom is -0.494 e. The fourth-order valence-electron chi connectivity index (χ4n) is 2.29. The van der Waals surface area contributed by atoms with Gasteiger partial charge in [0, 0.05) is 11.4 Å². The highest BCUT2D eigenvalue weighted by Gasteiger charge is 2.04. The number of benzene rings is 2. The quantitative estimate of drug-likeness (QED) is 0.549. The molecule has 0 aliphatic rings. The average Bonchev–Trinajstić information content (AvgIpc) is 2.67. The Balaban J connectivity index is 1.74. The molecule has 0 radical (unpaired) electrons. The first-order chi connectivity index (χ1) is 13.1. The molecular weight excluding hydrogens is 340 g/mol. The van der Waals surface area contributed by atoms with Crippen molar-refractivity contribution < 1.29 is 14.3 Å². The van der Waals surface area contributed by atoms with Crippen molar-refractivity contribution in [1.82, 2.24) is 0 Å². The van der Waals surface area contributed by atoms with Crippen molar-refractivity contribution in [3.63, 3.8) is 0 Å². The zero-order chi connectivity index (χ0) is 19.5. The maximum absolute atomic E-state index is 12.1. The normalized spacial score (nSPS) is 10.5. The maximum Gasteiger partial charge on any atom is 0.243 e. The first-order valence-electron chi connectivity index (χ1n) is 9.56. The Kier molecular flexibility index (Phi) is 8.49. The number of unbranched alkanes of at least 4 members (excludes halogenated alkanes) is 1. The number of rotatable bonds is 11. The summed E-state index contributed by atoms with van der Waals surface area (Å²) in [5, 5.41) is 5.98. The lowest BCUT2D eigenvalue weighted by Crippen LogP contribution is -2.21. The van der Waals surface area contributed by atoms with Gasteiger partial charge in [0.1, 0.15) is 11.5 Å². The molecule has 0 saturated heterocycles. The summed E-state index contributed by atoms with van der Waals surface area (Å²) in [6.45, 7) is 7.95. The molecule has 0 heterocycles. The molecule has 0 spiro atoms. The number of ether oxygens (including phenoxy) is 2. The predicted octanol–water partition coefficient (Wildman–Crippen LogP) is 4.95. The van der Waals surface area contributed by atoms with Crippen LogP contribution in [0.25, 0.3) is 0 Å². The summed E-state index contributed by atoms with van der Waals surface area (Å²) in [6, 6.07) is 15.1. The van der Waals surface area contributed by atoms with Crippen molar-refractivity contribution in [2.75, 3.05) is 30.4 Å². The van der Waals surface area contributed by atoms with Gasteiger partial charge in [0.15, 0.2) is 0 Å². The van der Waals surface area contributed by atoms with Crippen molar-refractivity contribution in [1.29, 1.82) is 0 Å². The first-order valence-corrected chi connectivity index (χ1v) is 9.56. The van der Waals surface area contributed by atoms with Crippen LogP contribution in [0.5, 0.6) is 11.5 Å². The van der Waals surface area contributed by atoms with E-state index in [4.69, 9.17) is 9.47 Å². The van der Waals surface area contributed by atoms with Crippen molar-refractivity contribution in [2.24, 2.45) is 5.92 Å². The maximum atomic E-state index is 12.1. The van der Waals surface area contributed by atoms with E-state index in [0.717, 1.165) is 42.3 Å². The zero-order valence-corrected chi connectivity index (χ0v) is 16.5. The highest BCUT2D eigenvalue weighted by atomic mass is 16.5. The molecule has 146 valence electrons. The molecule has 0 unspecified atom stereocenters. The number of carbonyl (C=O) groups is 1. The smallest absolute Gasteiger partial charge is 0.243 e. The number of nitrogens with one attached hydrogen (secondary N) is 2. The standard InChI is InChI=1S/C22H30N2O3/c1-4-5-14-26-20-10-6-18(7-11-20)23-15-22(25)24-19-8-12-21(13-9-19)27-16-17(2)3/h6-13,17,23H,4-5,14-16H2,1-3H3,(H,24,25). The largest absolute Gasteiger partial charge is 0.494 e. The number of anilines is 2. The van der Waals surface area contributed by atoms with Crippen molar-refractivity contribution in [3.8, 4) is 11.5 Å². The van der Waals surface area contributed by atoms with Gasteiger partial charge in [-0.2, -0.15) is 0 Å². The van der Waals surface area contributed by atoms with Gasteiger partial charge in [-0.25, -0.2) is 0 Å². The third kappa shape index (κ3) is 8.03. The Bertz CT molecular complexity index is 682. The molecule has 0 atom stereocenters. The number of carbonyl (C=O) groups excluding carboxylic acids is 1. The van der Waals surface area contributed by atoms with Gasteiger partial charge in [0.25, 0.3) is 0 Å². The summed E-state index contributed by atoms with van der Waals surface area (Å²) in [5.41, 5.74) is 1.63. The summed E-state index contributed by atoms with van der Waals surface area (Å²) >= 11 is 0. The second kappa shape index (κ2) is 11.1. The van der Waals surface area contributed by atoms with Crippen LogP contribution in [0.15, 0.2) is 48.5 Å². The van der Waals surface area contributed by atoms with Crippen LogP contribution in [0.3, 0.4) is 0 Å². The molecule has 27 heavy (non-hydrogen) atoms. The molecule has 2 rings (SSSR count). The Hall–Kier alpha value is -2.69. The Morgan fingerprint density at radius 1 is 0.926 bits per heavy atom. The van der Waals surface area contributed by atoms with Crippen molar-refractivity contribution in [2.45, 2.75) is 33.6 Å². The molecule has 5 nitrogen and oxygen atoms in total. The molecule has 0 saturated carbocycles. The Labute approximate surface area is 162 Å². The minimum atomic E-state index is -0.103. The van der Waals surface area contributed by atoms with Crippen LogP contribution in [0.1, 0.15) is 33.6 Å². The summed E-state index contributed by atoms with van der Waals surface area (Å²) in [5.74, 6) is 2.03. The van der Waals surface area contributed by atoms with Crippen LogP contribution >= 0.6 is 0 Å². The van der Waals surface area contributed by atoms with Crippen LogP contribution in [0.4, 0.5) is 11.4 Å². The molecule has 0 bridgehead atoms. The fourth-order valence-corrected chi connectivity index (χ4v) is 2.29. The van der Waals surface area contributed by atoms with Gasteiger partial charge >= 0.3 is 0 Å². The molecule has 2 aromatic carbocycles. The summed E-state index contributed by atoms with van der Waals surface area (Å²) in [6.07, 6.45) is 2.16. The topological polar surface area (TPSA) is 59.6 Å². The van der Waals surface area contributed by atoms with E-state index in [0.29, 0.717) is 12.5 Å². The van der Waals surface area contributed by atoms with E-state index in [9.17, 15) is 4.79 Å². The van der Waals surface area contributed by atoms with E-state index in [1.165, 1.54) is 0 Å². The molecular formula is C22H30N2O3. The van der Waals surface area contributed by atoms with Gasteiger partial charge in [0.2, 0.25) is 5.91 Å². The van der Waals surface area contributed by atoms with E-state index < -0.39 is 0 Å². The minimum absolute atomic E-state index is 0.103. The number of hydrogen-bond donors (Lipinski definition) is 2. The van der Waals surface area contributed by atoms with E-state index >= 15 is 0 Å². The van der Waals surface area contributed by atoms with Crippen LogP contribution in [-0.2, 0) is 4.79 Å². The Morgan fingerprint density at radius 2 is 1.52 bits per heavy atom. The SMILES string of the molecule is CCCCOc1ccc(NCC(=O)Nc2ccc(OCC(C)C)cc2)cc1. The third-order valence-electron chi connectivity index (χ3n) is 3.80. The summed E-state index contributed by atoms with van der Waals surface area (Å²) < 4.78 is 11.3. The Morgan fingerprint density at radius 3 is 2.11 bits per heavy atom. The predicted molar refractivity (Wildman–Crippen MR) is 111 cm³/mol.